The summed E-state index contributed by atoms with van der Waals surface area (Å²) in [5, 5.41) is 4.89. The molecule has 0 amide bonds. The molecule has 0 aliphatic rings. The molecule has 0 saturated heterocycles. The molecule has 2 nitrogen and oxygen atoms in total. The quantitative estimate of drug-likeness (QED) is 0.139. The summed E-state index contributed by atoms with van der Waals surface area (Å²) >= 11 is 0. The van der Waals surface area contributed by atoms with E-state index in [1.165, 1.54) is 32.7 Å². The van der Waals surface area contributed by atoms with Crippen molar-refractivity contribution in [1.82, 2.24) is 0 Å². The molecule has 54 heavy (non-hydrogen) atoms. The van der Waals surface area contributed by atoms with Crippen molar-refractivity contribution in [3.05, 3.63) is 230 Å². The van der Waals surface area contributed by atoms with E-state index in [-0.39, 0.29) is 0 Å². The van der Waals surface area contributed by atoms with Crippen molar-refractivity contribution in [2.24, 2.45) is 0 Å². The van der Waals surface area contributed by atoms with Crippen molar-refractivity contribution >= 4 is 67.8 Å². The van der Waals surface area contributed by atoms with Crippen LogP contribution in [0.15, 0.2) is 218 Å². The first kappa shape index (κ1) is 32.7. The van der Waals surface area contributed by atoms with E-state index < -0.39 is 0 Å². The zero-order valence-electron chi connectivity index (χ0n) is 29.8. The van der Waals surface area contributed by atoms with E-state index in [0.29, 0.717) is 0 Å². The summed E-state index contributed by atoms with van der Waals surface area (Å²) in [5.74, 6) is 0. The number of para-hydroxylation sites is 2. The summed E-state index contributed by atoms with van der Waals surface area (Å²) in [6, 6.07) is 77.9. The molecule has 2 heteroatoms. The predicted molar refractivity (Wildman–Crippen MR) is 232 cm³/mol. The minimum atomic E-state index is 1.12. The van der Waals surface area contributed by atoms with Crippen LogP contribution in [-0.4, -0.2) is 0 Å². The second-order valence-electron chi connectivity index (χ2n) is 13.4. The van der Waals surface area contributed by atoms with Gasteiger partial charge < -0.3 is 9.80 Å². The molecular weight excluding hydrogens is 653 g/mol. The van der Waals surface area contributed by atoms with Gasteiger partial charge in [-0.1, -0.05) is 170 Å². The smallest absolute Gasteiger partial charge is 0.0540 e. The molecule has 9 rings (SSSR count). The fraction of sp³-hybridized carbons (Fsp3) is 0. The van der Waals surface area contributed by atoms with E-state index in [1.807, 2.05) is 0 Å². The highest BCUT2D eigenvalue weighted by atomic mass is 15.1. The molecule has 0 aliphatic carbocycles. The zero-order valence-corrected chi connectivity index (χ0v) is 29.8. The van der Waals surface area contributed by atoms with Gasteiger partial charge in [0.25, 0.3) is 0 Å². The molecular formula is C52H38N2. The Morgan fingerprint density at radius 3 is 1.11 bits per heavy atom. The van der Waals surface area contributed by atoms with Gasteiger partial charge in [-0.3, -0.25) is 0 Å². The van der Waals surface area contributed by atoms with Gasteiger partial charge in [-0.2, -0.15) is 0 Å². The normalized spacial score (nSPS) is 11.3. The van der Waals surface area contributed by atoms with Gasteiger partial charge in [0.15, 0.2) is 0 Å². The lowest BCUT2D eigenvalue weighted by atomic mass is 10.0. The molecule has 256 valence electrons. The van der Waals surface area contributed by atoms with Gasteiger partial charge in [0, 0.05) is 33.5 Å². The Hall–Kier alpha value is -7.16. The lowest BCUT2D eigenvalue weighted by Gasteiger charge is -2.28. The molecule has 0 fully saturated rings. The summed E-state index contributed by atoms with van der Waals surface area (Å²) in [6.07, 6.45) is 4.38. The van der Waals surface area contributed by atoms with Crippen LogP contribution in [0.4, 0.5) is 34.1 Å². The summed E-state index contributed by atoms with van der Waals surface area (Å²) < 4.78 is 0. The van der Waals surface area contributed by atoms with Crippen LogP contribution in [0.25, 0.3) is 44.8 Å². The summed E-state index contributed by atoms with van der Waals surface area (Å²) in [7, 11) is 0. The Morgan fingerprint density at radius 2 is 0.611 bits per heavy atom. The van der Waals surface area contributed by atoms with Crippen LogP contribution in [0.5, 0.6) is 0 Å². The molecule has 0 atom stereocenters. The lowest BCUT2D eigenvalue weighted by molar-refractivity contribution is 1.28. The number of anilines is 6. The van der Waals surface area contributed by atoms with Crippen LogP contribution in [0.1, 0.15) is 11.1 Å². The van der Waals surface area contributed by atoms with Crippen LogP contribution in [0.2, 0.25) is 0 Å². The number of fused-ring (bicyclic) bond motifs is 2. The van der Waals surface area contributed by atoms with Crippen molar-refractivity contribution in [2.45, 2.75) is 0 Å². The summed E-state index contributed by atoms with van der Waals surface area (Å²) in [4.78, 5) is 4.68. The predicted octanol–water partition coefficient (Wildman–Crippen LogP) is 14.8. The number of rotatable bonds is 9. The van der Waals surface area contributed by atoms with E-state index in [9.17, 15) is 0 Å². The van der Waals surface area contributed by atoms with Crippen LogP contribution in [0.3, 0.4) is 0 Å². The second kappa shape index (κ2) is 14.8. The number of hydrogen-bond donors (Lipinski definition) is 0. The maximum absolute atomic E-state index is 2.39. The Labute approximate surface area is 317 Å². The third-order valence-electron chi connectivity index (χ3n) is 10.0. The van der Waals surface area contributed by atoms with E-state index in [1.54, 1.807) is 0 Å². The Kier molecular flexibility index (Phi) is 8.99. The molecule has 9 aromatic carbocycles. The molecule has 0 bridgehead atoms. The second-order valence-corrected chi connectivity index (χ2v) is 13.4. The molecule has 0 saturated carbocycles. The first-order chi connectivity index (χ1) is 26.8. The van der Waals surface area contributed by atoms with Crippen molar-refractivity contribution in [3.8, 4) is 11.1 Å². The summed E-state index contributed by atoms with van der Waals surface area (Å²) in [6.45, 7) is 0. The first-order valence-corrected chi connectivity index (χ1v) is 18.4. The molecule has 0 aliphatic heterocycles. The number of nitrogens with zero attached hydrogens (tertiary/aromatic N) is 2. The van der Waals surface area contributed by atoms with Gasteiger partial charge >= 0.3 is 0 Å². The highest BCUT2D eigenvalue weighted by molar-refractivity contribution is 6.04. The Balaban J connectivity index is 0.963. The Morgan fingerprint density at radius 1 is 0.259 bits per heavy atom. The molecule has 0 N–H and O–H groups in total. The van der Waals surface area contributed by atoms with E-state index in [2.05, 4.69) is 240 Å². The summed E-state index contributed by atoms with van der Waals surface area (Å²) in [5.41, 5.74) is 11.5. The fourth-order valence-electron chi connectivity index (χ4n) is 7.33. The van der Waals surface area contributed by atoms with E-state index in [0.717, 1.165) is 45.3 Å². The maximum atomic E-state index is 2.39. The van der Waals surface area contributed by atoms with Crippen LogP contribution in [0, 0.1) is 0 Å². The fourth-order valence-corrected chi connectivity index (χ4v) is 7.33. The Bertz CT molecular complexity index is 2550. The molecule has 0 aromatic heterocycles. The van der Waals surface area contributed by atoms with Gasteiger partial charge in [-0.15, -0.1) is 0 Å². The highest BCUT2D eigenvalue weighted by Crippen LogP contribution is 2.42. The topological polar surface area (TPSA) is 6.48 Å². The van der Waals surface area contributed by atoms with Gasteiger partial charge in [0.2, 0.25) is 0 Å². The van der Waals surface area contributed by atoms with Crippen molar-refractivity contribution in [2.75, 3.05) is 9.80 Å². The van der Waals surface area contributed by atoms with Crippen LogP contribution >= 0.6 is 0 Å². The van der Waals surface area contributed by atoms with E-state index >= 15 is 0 Å². The standard InChI is InChI=1S/C52H38N2/c1-3-17-45(18-4-1)53(46-19-5-2-6-20-46)47-37-33-42(34-38-47)41-31-27-39(28-32-41)25-26-40-29-35-48(36-30-40)54(51-23-11-15-43-13-7-9-21-49(43)51)52-24-12-16-44-14-8-10-22-50(44)52/h1-38H/b26-25+. The van der Waals surface area contributed by atoms with Crippen LogP contribution in [-0.2, 0) is 0 Å². The molecule has 0 heterocycles. The molecule has 0 unspecified atom stereocenters. The zero-order chi connectivity index (χ0) is 36.1. The molecule has 0 radical (unpaired) electrons. The average molecular weight is 691 g/mol. The third-order valence-corrected chi connectivity index (χ3v) is 10.0. The minimum absolute atomic E-state index is 1.12. The van der Waals surface area contributed by atoms with Crippen molar-refractivity contribution < 1.29 is 0 Å². The number of hydrogen-bond acceptors (Lipinski definition) is 2. The van der Waals surface area contributed by atoms with Gasteiger partial charge in [0.05, 0.1) is 11.4 Å². The monoisotopic (exact) mass is 690 g/mol. The molecule has 9 aromatic rings. The van der Waals surface area contributed by atoms with Gasteiger partial charge in [-0.25, -0.2) is 0 Å². The van der Waals surface area contributed by atoms with E-state index in [4.69, 9.17) is 0 Å². The lowest BCUT2D eigenvalue weighted by Crippen LogP contribution is -2.11. The number of benzene rings is 9. The van der Waals surface area contributed by atoms with Crippen molar-refractivity contribution in [3.63, 3.8) is 0 Å². The maximum Gasteiger partial charge on any atom is 0.0540 e. The minimum Gasteiger partial charge on any atom is -0.311 e. The average Bonchev–Trinajstić information content (AvgIpc) is 3.25. The van der Waals surface area contributed by atoms with Gasteiger partial charge in [-0.05, 0) is 93.7 Å². The first-order valence-electron chi connectivity index (χ1n) is 18.4. The highest BCUT2D eigenvalue weighted by Gasteiger charge is 2.17. The largest absolute Gasteiger partial charge is 0.311 e. The third kappa shape index (κ3) is 6.65. The van der Waals surface area contributed by atoms with Crippen LogP contribution < -0.4 is 9.80 Å². The molecule has 0 spiro atoms. The van der Waals surface area contributed by atoms with Gasteiger partial charge in [0.1, 0.15) is 0 Å². The van der Waals surface area contributed by atoms with Crippen molar-refractivity contribution in [1.29, 1.82) is 0 Å². The SMILES string of the molecule is C(=C\c1ccc(N(c2cccc3ccccc23)c2cccc3ccccc23)cc1)/c1ccc(-c2ccc(N(c3ccccc3)c3ccccc3)cc2)cc1.